The number of rotatable bonds is 8. The van der Waals surface area contributed by atoms with Gasteiger partial charge in [-0.25, -0.2) is 9.59 Å². The molecular weight excluding hydrogens is 346 g/mol. The zero-order valence-corrected chi connectivity index (χ0v) is 15.4. The molecule has 0 bridgehead atoms. The highest BCUT2D eigenvalue weighted by atomic mass is 16.6. The van der Waals surface area contributed by atoms with Crippen LogP contribution in [0.3, 0.4) is 0 Å². The third-order valence-electron chi connectivity index (χ3n) is 3.86. The van der Waals surface area contributed by atoms with Crippen LogP contribution >= 0.6 is 0 Å². The molecule has 0 aliphatic carbocycles. The fourth-order valence-corrected chi connectivity index (χ4v) is 2.68. The first-order valence-electron chi connectivity index (χ1n) is 8.82. The summed E-state index contributed by atoms with van der Waals surface area (Å²) in [6, 6.07) is 16.8. The molecule has 6 nitrogen and oxygen atoms in total. The van der Waals surface area contributed by atoms with Crippen molar-refractivity contribution in [3.63, 3.8) is 0 Å². The van der Waals surface area contributed by atoms with Crippen LogP contribution in [0, 0.1) is 0 Å². The number of hydrogen-bond donors (Lipinski definition) is 1. The molecule has 2 aromatic carbocycles. The molecule has 0 heterocycles. The van der Waals surface area contributed by atoms with E-state index in [0.717, 1.165) is 11.1 Å². The number of hydrogen-bond acceptors (Lipinski definition) is 5. The van der Waals surface area contributed by atoms with E-state index in [9.17, 15) is 14.4 Å². The predicted molar refractivity (Wildman–Crippen MR) is 99.9 cm³/mol. The minimum atomic E-state index is -1.51. The minimum Gasteiger partial charge on any atom is -0.464 e. The Hall–Kier alpha value is -3.15. The van der Waals surface area contributed by atoms with Crippen LogP contribution in [0.4, 0.5) is 0 Å². The van der Waals surface area contributed by atoms with E-state index in [1.165, 1.54) is 0 Å². The third kappa shape index (κ3) is 5.41. The molecule has 0 aliphatic heterocycles. The van der Waals surface area contributed by atoms with Gasteiger partial charge in [-0.1, -0.05) is 60.7 Å². The number of nitrogens with one attached hydrogen (secondary N) is 1. The van der Waals surface area contributed by atoms with E-state index in [-0.39, 0.29) is 13.2 Å². The SMILES string of the molecule is CCOC(=O)C(NC(=O)C(c1ccccc1)c1ccccc1)C(=O)OCC. The van der Waals surface area contributed by atoms with Crippen LogP contribution < -0.4 is 5.32 Å². The molecule has 0 aromatic heterocycles. The number of esters is 2. The first-order chi connectivity index (χ1) is 13.1. The van der Waals surface area contributed by atoms with Gasteiger partial charge in [0.05, 0.1) is 19.1 Å². The van der Waals surface area contributed by atoms with Crippen LogP contribution in [0.15, 0.2) is 60.7 Å². The van der Waals surface area contributed by atoms with Crippen LogP contribution in [0.2, 0.25) is 0 Å². The van der Waals surface area contributed by atoms with Crippen LogP contribution in [-0.2, 0) is 23.9 Å². The highest BCUT2D eigenvalue weighted by Crippen LogP contribution is 2.25. The van der Waals surface area contributed by atoms with Gasteiger partial charge in [-0.15, -0.1) is 0 Å². The fourth-order valence-electron chi connectivity index (χ4n) is 2.68. The molecule has 0 atom stereocenters. The highest BCUT2D eigenvalue weighted by molar-refractivity contribution is 6.03. The van der Waals surface area contributed by atoms with Crippen LogP contribution in [0.5, 0.6) is 0 Å². The van der Waals surface area contributed by atoms with Crippen molar-refractivity contribution in [1.29, 1.82) is 0 Å². The Bertz CT molecular complexity index is 703. The molecular formula is C21H23NO5. The molecule has 27 heavy (non-hydrogen) atoms. The van der Waals surface area contributed by atoms with Gasteiger partial charge in [0.1, 0.15) is 0 Å². The summed E-state index contributed by atoms with van der Waals surface area (Å²) in [7, 11) is 0. The molecule has 0 saturated heterocycles. The molecule has 2 aromatic rings. The molecule has 0 spiro atoms. The maximum atomic E-state index is 13.0. The Morgan fingerprint density at radius 2 is 1.19 bits per heavy atom. The lowest BCUT2D eigenvalue weighted by atomic mass is 9.90. The second kappa shape index (κ2) is 10.1. The van der Waals surface area contributed by atoms with Crippen molar-refractivity contribution >= 4 is 17.8 Å². The summed E-state index contributed by atoms with van der Waals surface area (Å²) in [5, 5.41) is 2.50. The second-order valence-electron chi connectivity index (χ2n) is 5.70. The largest absolute Gasteiger partial charge is 0.464 e. The Morgan fingerprint density at radius 1 is 0.778 bits per heavy atom. The normalized spacial score (nSPS) is 10.5. The summed E-state index contributed by atoms with van der Waals surface area (Å²) >= 11 is 0. The van der Waals surface area contributed by atoms with Gasteiger partial charge in [-0.3, -0.25) is 4.79 Å². The molecule has 0 saturated carbocycles. The van der Waals surface area contributed by atoms with E-state index < -0.39 is 29.8 Å². The van der Waals surface area contributed by atoms with Crippen LogP contribution in [0.1, 0.15) is 30.9 Å². The van der Waals surface area contributed by atoms with Gasteiger partial charge in [0.25, 0.3) is 0 Å². The lowest BCUT2D eigenvalue weighted by molar-refractivity contribution is -0.159. The monoisotopic (exact) mass is 369 g/mol. The van der Waals surface area contributed by atoms with E-state index >= 15 is 0 Å². The number of ether oxygens (including phenoxy) is 2. The van der Waals surface area contributed by atoms with E-state index in [1.54, 1.807) is 13.8 Å². The Morgan fingerprint density at radius 3 is 1.56 bits per heavy atom. The van der Waals surface area contributed by atoms with E-state index in [0.29, 0.717) is 0 Å². The minimum absolute atomic E-state index is 0.0887. The maximum Gasteiger partial charge on any atom is 0.340 e. The fraction of sp³-hybridized carbons (Fsp3) is 0.286. The van der Waals surface area contributed by atoms with Gasteiger partial charge in [-0.05, 0) is 25.0 Å². The van der Waals surface area contributed by atoms with Crippen LogP contribution in [0.25, 0.3) is 0 Å². The number of carbonyl (C=O) groups excluding carboxylic acids is 3. The van der Waals surface area contributed by atoms with Gasteiger partial charge in [-0.2, -0.15) is 0 Å². The van der Waals surface area contributed by atoms with Crippen molar-refractivity contribution in [1.82, 2.24) is 5.32 Å². The number of carbonyl (C=O) groups is 3. The molecule has 1 N–H and O–H groups in total. The van der Waals surface area contributed by atoms with E-state index in [4.69, 9.17) is 9.47 Å². The zero-order chi connectivity index (χ0) is 19.6. The van der Waals surface area contributed by atoms with E-state index in [1.807, 2.05) is 60.7 Å². The molecule has 0 fully saturated rings. The van der Waals surface area contributed by atoms with Crippen molar-refractivity contribution < 1.29 is 23.9 Å². The average molecular weight is 369 g/mol. The quantitative estimate of drug-likeness (QED) is 0.571. The summed E-state index contributed by atoms with van der Waals surface area (Å²) < 4.78 is 9.82. The molecule has 142 valence electrons. The third-order valence-corrected chi connectivity index (χ3v) is 3.86. The first kappa shape index (κ1) is 20.2. The Kier molecular flexibility index (Phi) is 7.55. The van der Waals surface area contributed by atoms with Crippen molar-refractivity contribution in [3.8, 4) is 0 Å². The van der Waals surface area contributed by atoms with Gasteiger partial charge < -0.3 is 14.8 Å². The molecule has 0 radical (unpaired) electrons. The van der Waals surface area contributed by atoms with E-state index in [2.05, 4.69) is 5.32 Å². The lowest BCUT2D eigenvalue weighted by Gasteiger charge is -2.21. The summed E-state index contributed by atoms with van der Waals surface area (Å²) in [6.45, 7) is 3.42. The zero-order valence-electron chi connectivity index (χ0n) is 15.4. The predicted octanol–water partition coefficient (Wildman–Crippen LogP) is 2.43. The van der Waals surface area contributed by atoms with Crippen molar-refractivity contribution in [2.75, 3.05) is 13.2 Å². The summed E-state index contributed by atoms with van der Waals surface area (Å²) in [4.78, 5) is 37.4. The lowest BCUT2D eigenvalue weighted by Crippen LogP contribution is -2.49. The van der Waals surface area contributed by atoms with Crippen LogP contribution in [-0.4, -0.2) is 37.1 Å². The van der Waals surface area contributed by atoms with Gasteiger partial charge in [0.2, 0.25) is 11.9 Å². The second-order valence-corrected chi connectivity index (χ2v) is 5.70. The molecule has 0 unspecified atom stereocenters. The van der Waals surface area contributed by atoms with Crippen molar-refractivity contribution in [3.05, 3.63) is 71.8 Å². The Labute approximate surface area is 158 Å². The molecule has 2 rings (SSSR count). The highest BCUT2D eigenvalue weighted by Gasteiger charge is 2.34. The average Bonchev–Trinajstić information content (AvgIpc) is 2.68. The van der Waals surface area contributed by atoms with Gasteiger partial charge in [0.15, 0.2) is 0 Å². The number of benzene rings is 2. The molecule has 1 amide bonds. The standard InChI is InChI=1S/C21H23NO5/c1-3-26-20(24)18(21(25)27-4-2)22-19(23)17(15-11-7-5-8-12-15)16-13-9-6-10-14-16/h5-14,17-18H,3-4H2,1-2H3,(H,22,23). The van der Waals surface area contributed by atoms with Gasteiger partial charge >= 0.3 is 11.9 Å². The topological polar surface area (TPSA) is 81.7 Å². The Balaban J connectivity index is 2.33. The van der Waals surface area contributed by atoms with Crippen molar-refractivity contribution in [2.45, 2.75) is 25.8 Å². The smallest absolute Gasteiger partial charge is 0.340 e. The molecule has 0 aliphatic rings. The maximum absolute atomic E-state index is 13.0. The number of amides is 1. The summed E-state index contributed by atoms with van der Waals surface area (Å²) in [6.07, 6.45) is 0. The summed E-state index contributed by atoms with van der Waals surface area (Å²) in [5.41, 5.74) is 1.49. The summed E-state index contributed by atoms with van der Waals surface area (Å²) in [5.74, 6) is -2.86. The molecule has 6 heteroatoms. The van der Waals surface area contributed by atoms with Gasteiger partial charge in [0, 0.05) is 0 Å². The van der Waals surface area contributed by atoms with Crippen molar-refractivity contribution in [2.24, 2.45) is 0 Å². The first-order valence-corrected chi connectivity index (χ1v) is 8.82.